The van der Waals surface area contributed by atoms with Crippen LogP contribution in [0.15, 0.2) is 21.3 Å². The molecule has 30 heavy (non-hydrogen) atoms. The van der Waals surface area contributed by atoms with Gasteiger partial charge >= 0.3 is 5.63 Å². The van der Waals surface area contributed by atoms with E-state index in [1.165, 1.54) is 45.4 Å². The number of amides is 1. The number of benzene rings is 1. The Morgan fingerprint density at radius 2 is 1.53 bits per heavy atom. The summed E-state index contributed by atoms with van der Waals surface area (Å²) >= 11 is 0. The number of carbonyl (C=O) groups is 1. The van der Waals surface area contributed by atoms with Gasteiger partial charge in [-0.1, -0.05) is 12.8 Å². The molecule has 0 radical (unpaired) electrons. The maximum Gasteiger partial charge on any atom is 0.360 e. The minimum atomic E-state index is -0.646. The van der Waals surface area contributed by atoms with Gasteiger partial charge in [-0.2, -0.15) is 0 Å². The van der Waals surface area contributed by atoms with E-state index < -0.39 is 5.63 Å². The molecule has 0 spiro atoms. The third kappa shape index (κ3) is 4.68. The molecule has 2 aromatic rings. The number of rotatable bonds is 5. The van der Waals surface area contributed by atoms with Crippen LogP contribution < -0.4 is 10.9 Å². The zero-order valence-electron chi connectivity index (χ0n) is 17.7. The molecular formula is C23H31N3O4. The van der Waals surface area contributed by atoms with Crippen LogP contribution in [-0.2, 0) is 17.9 Å². The van der Waals surface area contributed by atoms with Crippen molar-refractivity contribution < 1.29 is 14.3 Å². The Morgan fingerprint density at radius 3 is 2.10 bits per heavy atom. The van der Waals surface area contributed by atoms with Crippen molar-refractivity contribution in [2.45, 2.75) is 58.5 Å². The molecule has 1 aromatic heterocycles. The average molecular weight is 414 g/mol. The minimum absolute atomic E-state index is 0.0319. The SMILES string of the molecule is CC(=O)Nc1cc2c(CN3CCCCC3)cc(CN3CCCCC3)c(O)c2oc1=O. The van der Waals surface area contributed by atoms with Gasteiger partial charge in [-0.05, 0) is 69.6 Å². The number of hydrogen-bond donors (Lipinski definition) is 2. The van der Waals surface area contributed by atoms with Gasteiger partial charge in [0, 0.05) is 31.0 Å². The van der Waals surface area contributed by atoms with E-state index in [2.05, 4.69) is 21.2 Å². The van der Waals surface area contributed by atoms with Crippen LogP contribution in [0.4, 0.5) is 5.69 Å². The van der Waals surface area contributed by atoms with E-state index in [0.717, 1.165) is 43.9 Å². The van der Waals surface area contributed by atoms with Crippen LogP contribution in [0.1, 0.15) is 56.6 Å². The number of nitrogens with one attached hydrogen (secondary N) is 1. The van der Waals surface area contributed by atoms with E-state index in [1.54, 1.807) is 6.07 Å². The Kier molecular flexibility index (Phi) is 6.39. The van der Waals surface area contributed by atoms with E-state index in [4.69, 9.17) is 4.42 Å². The maximum atomic E-state index is 12.4. The van der Waals surface area contributed by atoms with Crippen molar-refractivity contribution in [3.63, 3.8) is 0 Å². The van der Waals surface area contributed by atoms with Gasteiger partial charge in [0.2, 0.25) is 5.91 Å². The van der Waals surface area contributed by atoms with Crippen LogP contribution in [0, 0.1) is 0 Å². The highest BCUT2D eigenvalue weighted by Gasteiger charge is 2.21. The number of nitrogens with zero attached hydrogens (tertiary/aromatic N) is 2. The van der Waals surface area contributed by atoms with Crippen LogP contribution in [-0.4, -0.2) is 47.0 Å². The molecule has 2 saturated heterocycles. The summed E-state index contributed by atoms with van der Waals surface area (Å²) in [5, 5.41) is 14.2. The van der Waals surface area contributed by atoms with Gasteiger partial charge in [0.25, 0.3) is 0 Å². The van der Waals surface area contributed by atoms with Crippen molar-refractivity contribution in [3.8, 4) is 5.75 Å². The number of hydrogen-bond acceptors (Lipinski definition) is 6. The van der Waals surface area contributed by atoms with Gasteiger partial charge in [0.1, 0.15) is 5.69 Å². The second-order valence-corrected chi connectivity index (χ2v) is 8.59. The summed E-state index contributed by atoms with van der Waals surface area (Å²) in [6.07, 6.45) is 7.22. The predicted molar refractivity (Wildman–Crippen MR) is 117 cm³/mol. The molecule has 2 N–H and O–H groups in total. The fraction of sp³-hybridized carbons (Fsp3) is 0.565. The van der Waals surface area contributed by atoms with Crippen molar-refractivity contribution in [2.75, 3.05) is 31.5 Å². The highest BCUT2D eigenvalue weighted by atomic mass is 16.4. The molecule has 2 fully saturated rings. The third-order valence-corrected chi connectivity index (χ3v) is 6.16. The highest BCUT2D eigenvalue weighted by molar-refractivity contribution is 5.93. The second kappa shape index (κ2) is 9.18. The molecule has 7 nitrogen and oxygen atoms in total. The topological polar surface area (TPSA) is 86.0 Å². The van der Waals surface area contributed by atoms with Crippen LogP contribution in [0.5, 0.6) is 5.75 Å². The summed E-state index contributed by atoms with van der Waals surface area (Å²) < 4.78 is 5.53. The minimum Gasteiger partial charge on any atom is -0.504 e. The number of aromatic hydroxyl groups is 1. The molecule has 2 aliphatic heterocycles. The quantitative estimate of drug-likeness (QED) is 0.731. The Hall–Kier alpha value is -2.38. The Labute approximate surface area is 176 Å². The predicted octanol–water partition coefficient (Wildman–Crippen LogP) is 3.43. The summed E-state index contributed by atoms with van der Waals surface area (Å²) in [6.45, 7) is 6.85. The lowest BCUT2D eigenvalue weighted by molar-refractivity contribution is -0.114. The molecule has 1 amide bonds. The zero-order chi connectivity index (χ0) is 21.1. The van der Waals surface area contributed by atoms with Crippen LogP contribution in [0.25, 0.3) is 11.0 Å². The lowest BCUT2D eigenvalue weighted by Crippen LogP contribution is -2.30. The number of carbonyl (C=O) groups excluding carboxylic acids is 1. The number of piperidine rings is 2. The monoisotopic (exact) mass is 413 g/mol. The first kappa shape index (κ1) is 20.9. The highest BCUT2D eigenvalue weighted by Crippen LogP contribution is 2.34. The van der Waals surface area contributed by atoms with Crippen LogP contribution in [0.2, 0.25) is 0 Å². The van der Waals surface area contributed by atoms with Crippen molar-refractivity contribution in [2.24, 2.45) is 0 Å². The molecule has 0 bridgehead atoms. The largest absolute Gasteiger partial charge is 0.504 e. The molecule has 0 aliphatic carbocycles. The molecule has 0 saturated carbocycles. The summed E-state index contributed by atoms with van der Waals surface area (Å²) in [7, 11) is 0. The lowest BCUT2D eigenvalue weighted by Gasteiger charge is -2.29. The van der Waals surface area contributed by atoms with Crippen LogP contribution in [0.3, 0.4) is 0 Å². The number of anilines is 1. The first-order valence-corrected chi connectivity index (χ1v) is 11.0. The molecular weight excluding hydrogens is 382 g/mol. The average Bonchev–Trinajstić information content (AvgIpc) is 2.74. The van der Waals surface area contributed by atoms with E-state index in [9.17, 15) is 14.7 Å². The number of likely N-dealkylation sites (tertiary alicyclic amines) is 2. The molecule has 2 aliphatic rings. The number of fused-ring (bicyclic) bond motifs is 1. The molecule has 162 valence electrons. The van der Waals surface area contributed by atoms with Gasteiger partial charge < -0.3 is 14.8 Å². The Bertz CT molecular complexity index is 973. The molecule has 3 heterocycles. The van der Waals surface area contributed by atoms with Gasteiger partial charge in [0.05, 0.1) is 0 Å². The third-order valence-electron chi connectivity index (χ3n) is 6.16. The standard InChI is InChI=1S/C23H31N3O4/c1-16(27)24-20-13-19-17(14-25-8-4-2-5-9-25)12-18(15-26-10-6-3-7-11-26)21(28)22(19)30-23(20)29/h12-13,28H,2-11,14-15H2,1H3,(H,24,27). The van der Waals surface area contributed by atoms with E-state index in [1.807, 2.05) is 0 Å². The van der Waals surface area contributed by atoms with Gasteiger partial charge in [-0.3, -0.25) is 14.6 Å². The molecule has 4 rings (SSSR count). The molecule has 1 aromatic carbocycles. The first-order valence-electron chi connectivity index (χ1n) is 11.0. The molecule has 0 atom stereocenters. The molecule has 0 unspecified atom stereocenters. The number of phenolic OH excluding ortho intramolecular Hbond substituents is 1. The van der Waals surface area contributed by atoms with Crippen molar-refractivity contribution in [1.29, 1.82) is 0 Å². The summed E-state index contributed by atoms with van der Waals surface area (Å²) in [6, 6.07) is 3.70. The lowest BCUT2D eigenvalue weighted by atomic mass is 10.0. The van der Waals surface area contributed by atoms with E-state index in [0.29, 0.717) is 11.9 Å². The summed E-state index contributed by atoms with van der Waals surface area (Å²) in [5.41, 5.74) is 1.50. The zero-order valence-corrected chi connectivity index (χ0v) is 17.7. The molecule has 7 heteroatoms. The Morgan fingerprint density at radius 1 is 0.967 bits per heavy atom. The normalized spacial score (nSPS) is 18.6. The van der Waals surface area contributed by atoms with Gasteiger partial charge in [-0.25, -0.2) is 4.79 Å². The van der Waals surface area contributed by atoms with Crippen molar-refractivity contribution in [3.05, 3.63) is 33.7 Å². The van der Waals surface area contributed by atoms with Crippen molar-refractivity contribution >= 4 is 22.6 Å². The van der Waals surface area contributed by atoms with Crippen LogP contribution >= 0.6 is 0 Å². The fourth-order valence-corrected chi connectivity index (χ4v) is 4.63. The Balaban J connectivity index is 1.76. The summed E-state index contributed by atoms with van der Waals surface area (Å²) in [5.74, 6) is -0.297. The number of phenols is 1. The maximum absolute atomic E-state index is 12.4. The first-order chi connectivity index (χ1) is 14.5. The summed E-state index contributed by atoms with van der Waals surface area (Å²) in [4.78, 5) is 28.7. The van der Waals surface area contributed by atoms with E-state index >= 15 is 0 Å². The fourth-order valence-electron chi connectivity index (χ4n) is 4.63. The van der Waals surface area contributed by atoms with Crippen molar-refractivity contribution in [1.82, 2.24) is 9.80 Å². The van der Waals surface area contributed by atoms with Gasteiger partial charge in [0.15, 0.2) is 11.3 Å². The van der Waals surface area contributed by atoms with E-state index in [-0.39, 0.29) is 22.9 Å². The second-order valence-electron chi connectivity index (χ2n) is 8.59. The van der Waals surface area contributed by atoms with Gasteiger partial charge in [-0.15, -0.1) is 0 Å². The smallest absolute Gasteiger partial charge is 0.360 e.